The van der Waals surface area contributed by atoms with Crippen LogP contribution in [-0.2, 0) is 0 Å². The summed E-state index contributed by atoms with van der Waals surface area (Å²) in [6, 6.07) is 9.24. The Morgan fingerprint density at radius 2 is 2.04 bits per heavy atom. The molecule has 114 valence electrons. The second-order valence-corrected chi connectivity index (χ2v) is 5.09. The van der Waals surface area contributed by atoms with Crippen molar-refractivity contribution in [3.05, 3.63) is 65.3 Å². The van der Waals surface area contributed by atoms with Crippen LogP contribution >= 0.6 is 0 Å². The van der Waals surface area contributed by atoms with Crippen molar-refractivity contribution >= 4 is 11.7 Å². The lowest BCUT2D eigenvalue weighted by Gasteiger charge is -2.04. The Morgan fingerprint density at radius 1 is 1.30 bits per heavy atom. The standard InChI is InChI=1S/C17H14N4O2/c1-11-5-6-14(19-10-11)20-16(22)15-12(2)23-17(13(15)9-18)21-7-3-4-8-21/h3-8,10H,1-2H3,(H,19,20,22). The Balaban J connectivity index is 1.98. The minimum absolute atomic E-state index is 0.198. The fraction of sp³-hybridized carbons (Fsp3) is 0.118. The Labute approximate surface area is 133 Å². The maximum Gasteiger partial charge on any atom is 0.261 e. The summed E-state index contributed by atoms with van der Waals surface area (Å²) in [6.45, 7) is 3.57. The molecule has 0 bridgehead atoms. The van der Waals surface area contributed by atoms with Crippen molar-refractivity contribution in [2.75, 3.05) is 5.32 Å². The van der Waals surface area contributed by atoms with E-state index in [0.717, 1.165) is 5.56 Å². The lowest BCUT2D eigenvalue weighted by molar-refractivity contribution is 0.102. The molecule has 0 aliphatic carbocycles. The van der Waals surface area contributed by atoms with Crippen molar-refractivity contribution in [2.45, 2.75) is 13.8 Å². The number of aromatic nitrogens is 2. The molecule has 0 aliphatic rings. The molecule has 1 N–H and O–H groups in total. The number of nitriles is 1. The molecule has 3 rings (SSSR count). The quantitative estimate of drug-likeness (QED) is 0.805. The molecule has 0 unspecified atom stereocenters. The van der Waals surface area contributed by atoms with Crippen LogP contribution in [0.15, 0.2) is 47.3 Å². The summed E-state index contributed by atoms with van der Waals surface area (Å²) in [7, 11) is 0. The number of anilines is 1. The molecule has 1 amide bonds. The minimum atomic E-state index is -0.419. The van der Waals surface area contributed by atoms with E-state index in [1.54, 1.807) is 36.1 Å². The Kier molecular flexibility index (Phi) is 3.69. The second-order valence-electron chi connectivity index (χ2n) is 5.09. The van der Waals surface area contributed by atoms with Gasteiger partial charge in [0, 0.05) is 18.6 Å². The first kappa shape index (κ1) is 14.6. The first-order chi connectivity index (χ1) is 11.1. The third-order valence-corrected chi connectivity index (χ3v) is 3.40. The van der Waals surface area contributed by atoms with Crippen LogP contribution in [0.3, 0.4) is 0 Å². The van der Waals surface area contributed by atoms with Crippen LogP contribution < -0.4 is 5.32 Å². The Morgan fingerprint density at radius 3 is 2.65 bits per heavy atom. The van der Waals surface area contributed by atoms with Gasteiger partial charge < -0.3 is 9.73 Å². The Bertz CT molecular complexity index is 884. The number of aryl methyl sites for hydroxylation is 2. The molecule has 0 spiro atoms. The molecular formula is C17H14N4O2. The molecule has 0 atom stereocenters. The maximum absolute atomic E-state index is 12.5. The van der Waals surface area contributed by atoms with Crippen LogP contribution in [0, 0.1) is 25.2 Å². The van der Waals surface area contributed by atoms with Gasteiger partial charge in [-0.3, -0.25) is 9.36 Å². The third kappa shape index (κ3) is 2.72. The number of furan rings is 1. The average Bonchev–Trinajstić information content (AvgIpc) is 3.16. The minimum Gasteiger partial charge on any atom is -0.443 e. The lowest BCUT2D eigenvalue weighted by Crippen LogP contribution is -2.14. The van der Waals surface area contributed by atoms with Crippen LogP contribution in [0.25, 0.3) is 5.88 Å². The van der Waals surface area contributed by atoms with Gasteiger partial charge in [-0.25, -0.2) is 4.98 Å². The number of nitrogens with zero attached hydrogens (tertiary/aromatic N) is 3. The molecular weight excluding hydrogens is 292 g/mol. The predicted octanol–water partition coefficient (Wildman–Crippen LogP) is 3.21. The molecule has 0 fully saturated rings. The molecule has 0 radical (unpaired) electrons. The molecule has 23 heavy (non-hydrogen) atoms. The molecule has 0 saturated heterocycles. The first-order valence-corrected chi connectivity index (χ1v) is 7.01. The predicted molar refractivity (Wildman–Crippen MR) is 84.4 cm³/mol. The van der Waals surface area contributed by atoms with Crippen molar-refractivity contribution in [2.24, 2.45) is 0 Å². The van der Waals surface area contributed by atoms with Gasteiger partial charge in [0.25, 0.3) is 5.91 Å². The number of hydrogen-bond donors (Lipinski definition) is 1. The van der Waals surface area contributed by atoms with E-state index in [1.807, 2.05) is 25.1 Å². The summed E-state index contributed by atoms with van der Waals surface area (Å²) < 4.78 is 7.28. The zero-order chi connectivity index (χ0) is 16.4. The number of amides is 1. The molecule has 3 heterocycles. The van der Waals surface area contributed by atoms with E-state index >= 15 is 0 Å². The van der Waals surface area contributed by atoms with Crippen molar-refractivity contribution < 1.29 is 9.21 Å². The van der Waals surface area contributed by atoms with E-state index < -0.39 is 5.91 Å². The largest absolute Gasteiger partial charge is 0.443 e. The maximum atomic E-state index is 12.5. The third-order valence-electron chi connectivity index (χ3n) is 3.40. The van der Waals surface area contributed by atoms with Gasteiger partial charge in [-0.05, 0) is 37.6 Å². The summed E-state index contributed by atoms with van der Waals surface area (Å²) in [5.74, 6) is 0.719. The van der Waals surface area contributed by atoms with Gasteiger partial charge in [0.15, 0.2) is 0 Å². The van der Waals surface area contributed by atoms with Crippen molar-refractivity contribution in [3.63, 3.8) is 0 Å². The molecule has 6 heteroatoms. The topological polar surface area (TPSA) is 83.9 Å². The van der Waals surface area contributed by atoms with Gasteiger partial charge in [-0.2, -0.15) is 5.26 Å². The SMILES string of the molecule is Cc1ccc(NC(=O)c2c(C)oc(-n3cccc3)c2C#N)nc1. The van der Waals surface area contributed by atoms with Gasteiger partial charge in [-0.1, -0.05) is 6.07 Å². The van der Waals surface area contributed by atoms with E-state index in [9.17, 15) is 10.1 Å². The van der Waals surface area contributed by atoms with E-state index in [4.69, 9.17) is 4.42 Å². The monoisotopic (exact) mass is 306 g/mol. The molecule has 0 aliphatic heterocycles. The zero-order valence-corrected chi connectivity index (χ0v) is 12.7. The van der Waals surface area contributed by atoms with E-state index in [-0.39, 0.29) is 11.1 Å². The molecule has 0 saturated carbocycles. The first-order valence-electron chi connectivity index (χ1n) is 7.01. The fourth-order valence-corrected chi connectivity index (χ4v) is 2.28. The molecule has 0 aromatic carbocycles. The number of pyridine rings is 1. The smallest absolute Gasteiger partial charge is 0.261 e. The number of hydrogen-bond acceptors (Lipinski definition) is 4. The van der Waals surface area contributed by atoms with E-state index in [0.29, 0.717) is 17.5 Å². The van der Waals surface area contributed by atoms with Crippen LogP contribution in [-0.4, -0.2) is 15.5 Å². The van der Waals surface area contributed by atoms with E-state index in [1.165, 1.54) is 0 Å². The second kappa shape index (κ2) is 5.81. The van der Waals surface area contributed by atoms with Gasteiger partial charge in [0.05, 0.1) is 0 Å². The van der Waals surface area contributed by atoms with Gasteiger partial charge >= 0.3 is 0 Å². The van der Waals surface area contributed by atoms with Gasteiger partial charge in [0.1, 0.15) is 28.8 Å². The summed E-state index contributed by atoms with van der Waals surface area (Å²) in [5.41, 5.74) is 1.41. The number of rotatable bonds is 3. The van der Waals surface area contributed by atoms with Crippen molar-refractivity contribution in [3.8, 4) is 12.0 Å². The van der Waals surface area contributed by atoms with E-state index in [2.05, 4.69) is 16.4 Å². The highest BCUT2D eigenvalue weighted by molar-refractivity contribution is 6.06. The number of nitrogens with one attached hydrogen (secondary N) is 1. The lowest BCUT2D eigenvalue weighted by atomic mass is 10.1. The van der Waals surface area contributed by atoms with Crippen LogP contribution in [0.4, 0.5) is 5.82 Å². The summed E-state index contributed by atoms with van der Waals surface area (Å²) >= 11 is 0. The molecule has 6 nitrogen and oxygen atoms in total. The fourth-order valence-electron chi connectivity index (χ4n) is 2.28. The Hall–Kier alpha value is -3.33. The highest BCUT2D eigenvalue weighted by Gasteiger charge is 2.24. The number of carbonyl (C=O) groups is 1. The van der Waals surface area contributed by atoms with Crippen molar-refractivity contribution in [1.29, 1.82) is 5.26 Å². The molecule has 3 aromatic heterocycles. The van der Waals surface area contributed by atoms with Crippen LogP contribution in [0.1, 0.15) is 27.2 Å². The van der Waals surface area contributed by atoms with Gasteiger partial charge in [-0.15, -0.1) is 0 Å². The highest BCUT2D eigenvalue weighted by Crippen LogP contribution is 2.26. The normalized spacial score (nSPS) is 10.3. The summed E-state index contributed by atoms with van der Waals surface area (Å²) in [5, 5.41) is 12.1. The van der Waals surface area contributed by atoms with Crippen LogP contribution in [0.2, 0.25) is 0 Å². The average molecular weight is 306 g/mol. The molecule has 3 aromatic rings. The van der Waals surface area contributed by atoms with Crippen LogP contribution in [0.5, 0.6) is 0 Å². The summed E-state index contributed by atoms with van der Waals surface area (Å²) in [6.07, 6.45) is 5.17. The van der Waals surface area contributed by atoms with Crippen molar-refractivity contribution in [1.82, 2.24) is 9.55 Å². The summed E-state index contributed by atoms with van der Waals surface area (Å²) in [4.78, 5) is 16.6. The number of carbonyl (C=O) groups excluding carboxylic acids is 1. The zero-order valence-electron chi connectivity index (χ0n) is 12.7. The highest BCUT2D eigenvalue weighted by atomic mass is 16.4. The van der Waals surface area contributed by atoms with Gasteiger partial charge in [0.2, 0.25) is 5.88 Å².